The Bertz CT molecular complexity index is 402. The van der Waals surface area contributed by atoms with E-state index in [0.717, 1.165) is 5.56 Å². The van der Waals surface area contributed by atoms with E-state index in [1.54, 1.807) is 26.0 Å². The lowest BCUT2D eigenvalue weighted by Crippen LogP contribution is -2.26. The van der Waals surface area contributed by atoms with Crippen molar-refractivity contribution in [1.82, 2.24) is 0 Å². The van der Waals surface area contributed by atoms with Crippen LogP contribution >= 0.6 is 11.6 Å². The van der Waals surface area contributed by atoms with E-state index >= 15 is 0 Å². The topological polar surface area (TPSA) is 37.3 Å². The molecule has 1 N–H and O–H groups in total. The quantitative estimate of drug-likeness (QED) is 0.881. The maximum atomic E-state index is 12.4. The lowest BCUT2D eigenvalue weighted by atomic mass is 9.86. The molecule has 4 heteroatoms. The van der Waals surface area contributed by atoms with Gasteiger partial charge in [0, 0.05) is 5.02 Å². The third kappa shape index (κ3) is 2.95. The number of carboxylic acid groups (broad SMARTS) is 1. The molecule has 0 saturated carbocycles. The normalized spacial score (nSPS) is 11.5. The van der Waals surface area contributed by atoms with Crippen molar-refractivity contribution in [3.8, 4) is 0 Å². The highest BCUT2D eigenvalue weighted by atomic mass is 35.5. The molecule has 0 bridgehead atoms. The standard InChI is InChI=1S/C12H14ClFO2/c1-12(2,11(15)16)6-9-4-3-8(7-14)5-10(9)13/h3-5H,6-7H2,1-2H3,(H,15,16). The van der Waals surface area contributed by atoms with Crippen LogP contribution in [0.1, 0.15) is 25.0 Å². The Morgan fingerprint density at radius 2 is 2.12 bits per heavy atom. The van der Waals surface area contributed by atoms with Crippen LogP contribution in [0.5, 0.6) is 0 Å². The first kappa shape index (κ1) is 13.0. The molecule has 16 heavy (non-hydrogen) atoms. The molecule has 88 valence electrons. The van der Waals surface area contributed by atoms with E-state index in [-0.39, 0.29) is 0 Å². The van der Waals surface area contributed by atoms with Gasteiger partial charge in [0.15, 0.2) is 0 Å². The van der Waals surface area contributed by atoms with Crippen LogP contribution in [0.3, 0.4) is 0 Å². The van der Waals surface area contributed by atoms with E-state index in [9.17, 15) is 9.18 Å². The number of benzene rings is 1. The van der Waals surface area contributed by atoms with Gasteiger partial charge in [0.2, 0.25) is 0 Å². The summed E-state index contributed by atoms with van der Waals surface area (Å²) in [7, 11) is 0. The van der Waals surface area contributed by atoms with Crippen molar-refractivity contribution in [2.75, 3.05) is 0 Å². The van der Waals surface area contributed by atoms with Crippen molar-refractivity contribution in [2.24, 2.45) is 5.41 Å². The smallest absolute Gasteiger partial charge is 0.309 e. The van der Waals surface area contributed by atoms with Crippen LogP contribution in [0, 0.1) is 5.41 Å². The first-order chi connectivity index (χ1) is 7.36. The van der Waals surface area contributed by atoms with Crippen molar-refractivity contribution in [1.29, 1.82) is 0 Å². The molecule has 1 aromatic rings. The fraction of sp³-hybridized carbons (Fsp3) is 0.417. The van der Waals surface area contributed by atoms with E-state index in [1.165, 1.54) is 6.07 Å². The number of aliphatic carboxylic acids is 1. The van der Waals surface area contributed by atoms with Gasteiger partial charge in [0.1, 0.15) is 6.67 Å². The molecule has 0 fully saturated rings. The largest absolute Gasteiger partial charge is 0.481 e. The molecule has 0 saturated heterocycles. The Morgan fingerprint density at radius 1 is 1.50 bits per heavy atom. The predicted molar refractivity (Wildman–Crippen MR) is 61.4 cm³/mol. The summed E-state index contributed by atoms with van der Waals surface area (Å²) in [5.41, 5.74) is 0.356. The molecule has 0 aliphatic rings. The van der Waals surface area contributed by atoms with E-state index in [2.05, 4.69) is 0 Å². The van der Waals surface area contributed by atoms with Crippen LogP contribution in [0.25, 0.3) is 0 Å². The Kier molecular flexibility index (Phi) is 3.92. The molecule has 0 radical (unpaired) electrons. The highest BCUT2D eigenvalue weighted by Crippen LogP contribution is 2.27. The highest BCUT2D eigenvalue weighted by Gasteiger charge is 2.28. The second-order valence-corrected chi connectivity index (χ2v) is 4.83. The third-order valence-electron chi connectivity index (χ3n) is 2.48. The molecular formula is C12H14ClFO2. The number of carboxylic acids is 1. The van der Waals surface area contributed by atoms with Gasteiger partial charge in [0.05, 0.1) is 5.41 Å². The molecule has 1 rings (SSSR count). The highest BCUT2D eigenvalue weighted by molar-refractivity contribution is 6.31. The van der Waals surface area contributed by atoms with Gasteiger partial charge in [-0.25, -0.2) is 4.39 Å². The fourth-order valence-electron chi connectivity index (χ4n) is 1.37. The number of hydrogen-bond donors (Lipinski definition) is 1. The van der Waals surface area contributed by atoms with Crippen LogP contribution in [0.4, 0.5) is 4.39 Å². The average Bonchev–Trinajstić information content (AvgIpc) is 2.20. The molecule has 0 aromatic heterocycles. The summed E-state index contributed by atoms with van der Waals surface area (Å²) in [5.74, 6) is -0.877. The maximum Gasteiger partial charge on any atom is 0.309 e. The molecule has 0 heterocycles. The predicted octanol–water partition coefficient (Wildman–Crippen LogP) is 3.46. The van der Waals surface area contributed by atoms with Crippen molar-refractivity contribution < 1.29 is 14.3 Å². The van der Waals surface area contributed by atoms with Crippen molar-refractivity contribution in [3.63, 3.8) is 0 Å². The van der Waals surface area contributed by atoms with Crippen LogP contribution in [0.15, 0.2) is 18.2 Å². The fourth-order valence-corrected chi connectivity index (χ4v) is 1.64. The van der Waals surface area contributed by atoms with Gasteiger partial charge < -0.3 is 5.11 Å². The number of halogens is 2. The lowest BCUT2D eigenvalue weighted by Gasteiger charge is -2.19. The third-order valence-corrected chi connectivity index (χ3v) is 2.83. The van der Waals surface area contributed by atoms with Gasteiger partial charge in [-0.1, -0.05) is 23.7 Å². The minimum Gasteiger partial charge on any atom is -0.481 e. The van der Waals surface area contributed by atoms with Gasteiger partial charge in [-0.3, -0.25) is 4.79 Å². The molecule has 1 aromatic carbocycles. The van der Waals surface area contributed by atoms with Crippen LogP contribution in [0.2, 0.25) is 5.02 Å². The minimum absolute atomic E-state index is 0.327. The molecule has 2 nitrogen and oxygen atoms in total. The summed E-state index contributed by atoms with van der Waals surface area (Å²) in [6.07, 6.45) is 0.327. The molecular weight excluding hydrogens is 231 g/mol. The van der Waals surface area contributed by atoms with Gasteiger partial charge in [-0.2, -0.15) is 0 Å². The number of alkyl halides is 1. The summed E-state index contributed by atoms with van der Waals surface area (Å²) in [6.45, 7) is 2.70. The maximum absolute atomic E-state index is 12.4. The summed E-state index contributed by atoms with van der Waals surface area (Å²) in [4.78, 5) is 11.0. The Morgan fingerprint density at radius 3 is 2.56 bits per heavy atom. The SMILES string of the molecule is CC(C)(Cc1ccc(CF)cc1Cl)C(=O)O. The van der Waals surface area contributed by atoms with E-state index in [0.29, 0.717) is 17.0 Å². The lowest BCUT2D eigenvalue weighted by molar-refractivity contribution is -0.146. The first-order valence-corrected chi connectivity index (χ1v) is 5.31. The monoisotopic (exact) mass is 244 g/mol. The zero-order chi connectivity index (χ0) is 12.3. The molecule has 0 atom stereocenters. The van der Waals surface area contributed by atoms with Gasteiger partial charge >= 0.3 is 5.97 Å². The average molecular weight is 245 g/mol. The minimum atomic E-state index is -0.877. The van der Waals surface area contributed by atoms with E-state index in [1.807, 2.05) is 0 Å². The Hall–Kier alpha value is -1.09. The number of rotatable bonds is 4. The van der Waals surface area contributed by atoms with Gasteiger partial charge in [-0.05, 0) is 37.5 Å². The summed E-state index contributed by atoms with van der Waals surface area (Å²) < 4.78 is 12.4. The van der Waals surface area contributed by atoms with Crippen LogP contribution in [-0.4, -0.2) is 11.1 Å². The molecule has 0 amide bonds. The molecule has 0 unspecified atom stereocenters. The van der Waals surface area contributed by atoms with Crippen molar-refractivity contribution in [2.45, 2.75) is 26.9 Å². The Balaban J connectivity index is 2.94. The summed E-state index contributed by atoms with van der Waals surface area (Å²) in [5, 5.41) is 9.41. The zero-order valence-corrected chi connectivity index (χ0v) is 10.0. The van der Waals surface area contributed by atoms with Crippen molar-refractivity contribution >= 4 is 17.6 Å². The van der Waals surface area contributed by atoms with Crippen molar-refractivity contribution in [3.05, 3.63) is 34.3 Å². The van der Waals surface area contributed by atoms with Gasteiger partial charge in [-0.15, -0.1) is 0 Å². The molecule has 0 aliphatic heterocycles. The van der Waals surface area contributed by atoms with Crippen LogP contribution in [-0.2, 0) is 17.9 Å². The van der Waals surface area contributed by atoms with E-state index in [4.69, 9.17) is 16.7 Å². The van der Waals surface area contributed by atoms with Gasteiger partial charge in [0.25, 0.3) is 0 Å². The first-order valence-electron chi connectivity index (χ1n) is 4.93. The summed E-state index contributed by atoms with van der Waals surface area (Å²) in [6, 6.07) is 4.84. The number of hydrogen-bond acceptors (Lipinski definition) is 1. The van der Waals surface area contributed by atoms with E-state index < -0.39 is 18.1 Å². The van der Waals surface area contributed by atoms with Crippen LogP contribution < -0.4 is 0 Å². The molecule has 0 aliphatic carbocycles. The Labute approximate surface area is 99.0 Å². The second kappa shape index (κ2) is 4.83. The molecule has 0 spiro atoms. The number of carbonyl (C=O) groups is 1. The zero-order valence-electron chi connectivity index (χ0n) is 9.26. The summed E-state index contributed by atoms with van der Waals surface area (Å²) >= 11 is 5.96. The second-order valence-electron chi connectivity index (χ2n) is 4.43.